The predicted octanol–water partition coefficient (Wildman–Crippen LogP) is 8.04. The second kappa shape index (κ2) is 19.2. The van der Waals surface area contributed by atoms with E-state index in [1.54, 1.807) is 11.8 Å². The van der Waals surface area contributed by atoms with E-state index in [4.69, 9.17) is 5.11 Å². The Bertz CT molecular complexity index is 612. The average Bonchev–Trinajstić information content (AvgIpc) is 3.18. The highest BCUT2D eigenvalue weighted by molar-refractivity contribution is 7.99. The van der Waals surface area contributed by atoms with E-state index < -0.39 is 5.97 Å². The van der Waals surface area contributed by atoms with Crippen LogP contribution in [0.1, 0.15) is 103 Å². The fraction of sp³-hybridized carbons (Fsp3) is 0.692. The van der Waals surface area contributed by atoms with Crippen molar-refractivity contribution in [1.29, 1.82) is 0 Å². The van der Waals surface area contributed by atoms with E-state index in [0.29, 0.717) is 5.25 Å². The summed E-state index contributed by atoms with van der Waals surface area (Å²) >= 11 is 1.77. The Balaban J connectivity index is 2.30. The molecule has 1 rings (SSSR count). The minimum absolute atomic E-state index is 0.255. The number of thioether (sulfide) groups is 1. The predicted molar refractivity (Wildman–Crippen MR) is 134 cm³/mol. The molecule has 1 aromatic heterocycles. The van der Waals surface area contributed by atoms with E-state index in [-0.39, 0.29) is 6.42 Å². The fourth-order valence-electron chi connectivity index (χ4n) is 3.64. The summed E-state index contributed by atoms with van der Waals surface area (Å²) < 4.78 is 2.11. The smallest absolute Gasteiger partial charge is 0.303 e. The third kappa shape index (κ3) is 15.0. The molecule has 0 aliphatic rings. The molecule has 0 radical (unpaired) electrons. The fourth-order valence-corrected chi connectivity index (χ4v) is 4.78. The molecule has 0 amide bonds. The second-order valence-corrected chi connectivity index (χ2v) is 9.55. The zero-order valence-corrected chi connectivity index (χ0v) is 20.5. The largest absolute Gasteiger partial charge is 0.481 e. The van der Waals surface area contributed by atoms with Gasteiger partial charge in [0.1, 0.15) is 0 Å². The zero-order valence-electron chi connectivity index (χ0n) is 19.6. The standard InChI is InChI=1S/C26H44N2O2S/c1-3-5-6-7-8-9-10-11-12-13-14-15-18-24(19-16-17-20-25(29)30)31-26-27-21-23-28(26)22-4-2/h4,15,18,21,23-24H,2-3,5-14,16-17,19-20,22H2,1H3,(H,29,30)/b18-15-. The average molecular weight is 449 g/mol. The number of hydrogen-bond acceptors (Lipinski definition) is 3. The molecule has 1 unspecified atom stereocenters. The van der Waals surface area contributed by atoms with Gasteiger partial charge in [0.15, 0.2) is 5.16 Å². The van der Waals surface area contributed by atoms with Gasteiger partial charge in [-0.2, -0.15) is 0 Å². The maximum atomic E-state index is 10.8. The van der Waals surface area contributed by atoms with Crippen LogP contribution in [0.5, 0.6) is 0 Å². The van der Waals surface area contributed by atoms with Gasteiger partial charge in [0.25, 0.3) is 0 Å². The van der Waals surface area contributed by atoms with Gasteiger partial charge < -0.3 is 9.67 Å². The number of carbonyl (C=O) groups is 1. The summed E-state index contributed by atoms with van der Waals surface area (Å²) in [5, 5.41) is 10.2. The van der Waals surface area contributed by atoms with Crippen LogP contribution in [0.3, 0.4) is 0 Å². The van der Waals surface area contributed by atoms with Crippen molar-refractivity contribution >= 4 is 17.7 Å². The number of nitrogens with zero attached hydrogens (tertiary/aromatic N) is 2. The zero-order chi connectivity index (χ0) is 22.6. The minimum Gasteiger partial charge on any atom is -0.481 e. The lowest BCUT2D eigenvalue weighted by Crippen LogP contribution is -2.04. The molecular formula is C26H44N2O2S. The highest BCUT2D eigenvalue weighted by atomic mass is 32.2. The summed E-state index contributed by atoms with van der Waals surface area (Å²) in [4.78, 5) is 15.3. The first-order chi connectivity index (χ1) is 15.2. The van der Waals surface area contributed by atoms with Gasteiger partial charge in [0, 0.05) is 30.6 Å². The Hall–Kier alpha value is -1.49. The highest BCUT2D eigenvalue weighted by Gasteiger charge is 2.11. The number of rotatable bonds is 21. The van der Waals surface area contributed by atoms with Crippen molar-refractivity contribution in [2.45, 2.75) is 120 Å². The molecule has 0 spiro atoms. The van der Waals surface area contributed by atoms with Crippen LogP contribution in [-0.4, -0.2) is 25.9 Å². The van der Waals surface area contributed by atoms with E-state index in [1.165, 1.54) is 64.2 Å². The number of carboxylic acids is 1. The van der Waals surface area contributed by atoms with Gasteiger partial charge in [0.2, 0.25) is 0 Å². The van der Waals surface area contributed by atoms with Crippen LogP contribution in [0, 0.1) is 0 Å². The third-order valence-electron chi connectivity index (χ3n) is 5.46. The second-order valence-electron chi connectivity index (χ2n) is 8.35. The van der Waals surface area contributed by atoms with Gasteiger partial charge in [-0.1, -0.05) is 101 Å². The maximum Gasteiger partial charge on any atom is 0.303 e. The number of aromatic nitrogens is 2. The van der Waals surface area contributed by atoms with Gasteiger partial charge in [-0.3, -0.25) is 4.79 Å². The van der Waals surface area contributed by atoms with Crippen LogP contribution in [0.2, 0.25) is 0 Å². The number of allylic oxidation sites excluding steroid dienone is 2. The lowest BCUT2D eigenvalue weighted by atomic mass is 10.1. The molecule has 0 aliphatic carbocycles. The molecule has 176 valence electrons. The maximum absolute atomic E-state index is 10.8. The normalized spacial score (nSPS) is 12.4. The number of carboxylic acid groups (broad SMARTS) is 1. The molecule has 4 nitrogen and oxygen atoms in total. The van der Waals surface area contributed by atoms with Crippen molar-refractivity contribution in [3.05, 3.63) is 37.2 Å². The Labute approximate surface area is 194 Å². The van der Waals surface area contributed by atoms with Gasteiger partial charge in [-0.25, -0.2) is 4.98 Å². The van der Waals surface area contributed by atoms with E-state index in [9.17, 15) is 4.79 Å². The molecule has 0 fully saturated rings. The van der Waals surface area contributed by atoms with Crippen molar-refractivity contribution in [1.82, 2.24) is 9.55 Å². The summed E-state index contributed by atoms with van der Waals surface area (Å²) in [7, 11) is 0. The summed E-state index contributed by atoms with van der Waals surface area (Å²) in [6, 6.07) is 0. The summed E-state index contributed by atoms with van der Waals surface area (Å²) in [5.74, 6) is -0.706. The number of unbranched alkanes of at least 4 members (excludes halogenated alkanes) is 11. The Morgan fingerprint density at radius 3 is 2.42 bits per heavy atom. The summed E-state index contributed by atoms with van der Waals surface area (Å²) in [5.41, 5.74) is 0. The summed E-state index contributed by atoms with van der Waals surface area (Å²) in [6.45, 7) is 6.85. The Morgan fingerprint density at radius 1 is 1.10 bits per heavy atom. The van der Waals surface area contributed by atoms with E-state index in [0.717, 1.165) is 37.4 Å². The first-order valence-electron chi connectivity index (χ1n) is 12.3. The van der Waals surface area contributed by atoms with E-state index >= 15 is 0 Å². The van der Waals surface area contributed by atoms with Crippen LogP contribution >= 0.6 is 11.8 Å². The molecule has 0 aromatic carbocycles. The molecule has 1 aromatic rings. The molecule has 1 heterocycles. The van der Waals surface area contributed by atoms with Crippen LogP contribution in [0.4, 0.5) is 0 Å². The quantitative estimate of drug-likeness (QED) is 0.117. The van der Waals surface area contributed by atoms with Crippen molar-refractivity contribution < 1.29 is 9.90 Å². The Morgan fingerprint density at radius 2 is 1.77 bits per heavy atom. The lowest BCUT2D eigenvalue weighted by molar-refractivity contribution is -0.137. The minimum atomic E-state index is -0.706. The molecule has 0 saturated carbocycles. The Kier molecular flexibility index (Phi) is 17.1. The third-order valence-corrected chi connectivity index (χ3v) is 6.71. The first kappa shape index (κ1) is 27.5. The van der Waals surface area contributed by atoms with Gasteiger partial charge in [0.05, 0.1) is 0 Å². The molecule has 31 heavy (non-hydrogen) atoms. The van der Waals surface area contributed by atoms with Crippen LogP contribution in [0.15, 0.2) is 42.4 Å². The highest BCUT2D eigenvalue weighted by Crippen LogP contribution is 2.27. The number of hydrogen-bond donors (Lipinski definition) is 1. The van der Waals surface area contributed by atoms with Gasteiger partial charge in [-0.05, 0) is 25.7 Å². The van der Waals surface area contributed by atoms with Crippen molar-refractivity contribution in [3.63, 3.8) is 0 Å². The van der Waals surface area contributed by atoms with Crippen LogP contribution in [-0.2, 0) is 11.3 Å². The van der Waals surface area contributed by atoms with Crippen molar-refractivity contribution in [2.24, 2.45) is 0 Å². The number of aliphatic carboxylic acids is 1. The van der Waals surface area contributed by atoms with Crippen molar-refractivity contribution in [2.75, 3.05) is 0 Å². The van der Waals surface area contributed by atoms with Crippen LogP contribution in [0.25, 0.3) is 0 Å². The topological polar surface area (TPSA) is 55.1 Å². The van der Waals surface area contributed by atoms with Crippen LogP contribution < -0.4 is 0 Å². The van der Waals surface area contributed by atoms with Gasteiger partial charge >= 0.3 is 5.97 Å². The molecular weight excluding hydrogens is 404 g/mol. The van der Waals surface area contributed by atoms with Crippen molar-refractivity contribution in [3.8, 4) is 0 Å². The SMILES string of the molecule is C=CCn1ccnc1SC(/C=C\CCCCCCCCCCCC)CCCCC(=O)O. The molecule has 0 aliphatic heterocycles. The number of imidazole rings is 1. The molecule has 0 saturated heterocycles. The molecule has 5 heteroatoms. The monoisotopic (exact) mass is 448 g/mol. The van der Waals surface area contributed by atoms with E-state index in [1.807, 2.05) is 18.5 Å². The van der Waals surface area contributed by atoms with Gasteiger partial charge in [-0.15, -0.1) is 6.58 Å². The first-order valence-corrected chi connectivity index (χ1v) is 13.2. The molecule has 1 N–H and O–H groups in total. The molecule has 0 bridgehead atoms. The molecule has 1 atom stereocenters. The van der Waals surface area contributed by atoms with E-state index in [2.05, 4.69) is 35.2 Å². The lowest BCUT2D eigenvalue weighted by Gasteiger charge is -2.13. The summed E-state index contributed by atoms with van der Waals surface area (Å²) in [6.07, 6.45) is 28.0.